The number of phosphoric acid groups is 1. The summed E-state index contributed by atoms with van der Waals surface area (Å²) in [6, 6.07) is 0. The Morgan fingerprint density at radius 3 is 1.63 bits per heavy atom. The van der Waals surface area contributed by atoms with Crippen molar-refractivity contribution in [2.75, 3.05) is 26.4 Å². The highest BCUT2D eigenvalue weighted by Crippen LogP contribution is 2.43. The fourth-order valence-electron chi connectivity index (χ4n) is 5.71. The van der Waals surface area contributed by atoms with Gasteiger partial charge in [-0.2, -0.15) is 0 Å². The average molecular weight is 765 g/mol. The zero-order valence-corrected chi connectivity index (χ0v) is 33.8. The maximum absolute atomic E-state index is 12.6. The summed E-state index contributed by atoms with van der Waals surface area (Å²) in [7, 11) is -4.63. The predicted octanol–water partition coefficient (Wildman–Crippen LogP) is 9.42. The van der Waals surface area contributed by atoms with Crippen LogP contribution in [0.15, 0.2) is 12.2 Å². The van der Waals surface area contributed by atoms with E-state index in [0.717, 1.165) is 64.2 Å². The van der Waals surface area contributed by atoms with Crippen molar-refractivity contribution in [2.45, 2.75) is 206 Å². The average Bonchev–Trinajstić information content (AvgIpc) is 3.12. The molecule has 4 unspecified atom stereocenters. The SMILES string of the molecule is CCCCC/C=C/CC(O)CCCCCCCCC(=O)OC(COC(=O)CCCCCCCCCCCCCCC)COP(=O)(O)OCC(O)CO. The normalized spacial score (nSPS) is 14.7. The van der Waals surface area contributed by atoms with Gasteiger partial charge in [0.2, 0.25) is 0 Å². The third-order valence-corrected chi connectivity index (χ3v) is 9.95. The fourth-order valence-corrected chi connectivity index (χ4v) is 6.50. The van der Waals surface area contributed by atoms with E-state index in [-0.39, 0.29) is 25.6 Å². The van der Waals surface area contributed by atoms with Gasteiger partial charge in [0.1, 0.15) is 12.7 Å². The number of hydrogen-bond donors (Lipinski definition) is 4. The van der Waals surface area contributed by atoms with Gasteiger partial charge >= 0.3 is 19.8 Å². The Hall–Kier alpha value is -1.33. The van der Waals surface area contributed by atoms with Crippen molar-refractivity contribution in [3.05, 3.63) is 12.2 Å². The molecular formula is C40H77O11P. The van der Waals surface area contributed by atoms with Crippen LogP contribution in [0, 0.1) is 0 Å². The first-order chi connectivity index (χ1) is 25.1. The molecule has 0 aromatic heterocycles. The van der Waals surface area contributed by atoms with E-state index in [9.17, 15) is 29.3 Å². The second-order valence-corrected chi connectivity index (χ2v) is 15.7. The molecule has 4 atom stereocenters. The number of carbonyl (C=O) groups is 2. The summed E-state index contributed by atoms with van der Waals surface area (Å²) in [6.07, 6.45) is 29.0. The van der Waals surface area contributed by atoms with E-state index in [0.29, 0.717) is 19.3 Å². The summed E-state index contributed by atoms with van der Waals surface area (Å²) >= 11 is 0. The molecule has 0 aliphatic heterocycles. The van der Waals surface area contributed by atoms with Crippen LogP contribution >= 0.6 is 7.82 Å². The highest BCUT2D eigenvalue weighted by atomic mass is 31.2. The van der Waals surface area contributed by atoms with Crippen molar-refractivity contribution in [1.82, 2.24) is 0 Å². The maximum Gasteiger partial charge on any atom is 0.472 e. The summed E-state index contributed by atoms with van der Waals surface area (Å²) in [5.74, 6) is -0.971. The molecule has 0 bridgehead atoms. The van der Waals surface area contributed by atoms with Gasteiger partial charge in [-0.15, -0.1) is 0 Å². The highest BCUT2D eigenvalue weighted by Gasteiger charge is 2.27. The van der Waals surface area contributed by atoms with E-state index in [4.69, 9.17) is 19.1 Å². The number of ether oxygens (including phenoxy) is 2. The van der Waals surface area contributed by atoms with E-state index >= 15 is 0 Å². The van der Waals surface area contributed by atoms with Crippen LogP contribution in [0.4, 0.5) is 0 Å². The lowest BCUT2D eigenvalue weighted by atomic mass is 10.0. The molecule has 0 aromatic rings. The van der Waals surface area contributed by atoms with Crippen LogP contribution in [0.5, 0.6) is 0 Å². The molecule has 0 radical (unpaired) electrons. The van der Waals surface area contributed by atoms with Gasteiger partial charge in [0.15, 0.2) is 6.10 Å². The van der Waals surface area contributed by atoms with Crippen LogP contribution in [0.1, 0.15) is 187 Å². The van der Waals surface area contributed by atoms with E-state index < -0.39 is 51.8 Å². The molecule has 0 fully saturated rings. The Balaban J connectivity index is 4.36. The first kappa shape index (κ1) is 50.7. The molecule has 11 nitrogen and oxygen atoms in total. The van der Waals surface area contributed by atoms with Gasteiger partial charge in [0, 0.05) is 12.8 Å². The number of aliphatic hydroxyl groups is 3. The van der Waals surface area contributed by atoms with Crippen molar-refractivity contribution in [3.8, 4) is 0 Å². The lowest BCUT2D eigenvalue weighted by molar-refractivity contribution is -0.161. The summed E-state index contributed by atoms with van der Waals surface area (Å²) in [5, 5.41) is 28.4. The number of rotatable bonds is 39. The molecule has 0 saturated heterocycles. The molecule has 0 rings (SSSR count). The lowest BCUT2D eigenvalue weighted by Crippen LogP contribution is -2.29. The number of phosphoric ester groups is 1. The molecule has 0 heterocycles. The zero-order valence-electron chi connectivity index (χ0n) is 32.9. The van der Waals surface area contributed by atoms with Crippen molar-refractivity contribution < 1.29 is 52.9 Å². The van der Waals surface area contributed by atoms with Crippen molar-refractivity contribution >= 4 is 19.8 Å². The summed E-state index contributed by atoms with van der Waals surface area (Å²) in [5.41, 5.74) is 0. The van der Waals surface area contributed by atoms with Crippen LogP contribution in [0.3, 0.4) is 0 Å². The monoisotopic (exact) mass is 765 g/mol. The molecule has 4 N–H and O–H groups in total. The Labute approximate surface area is 316 Å². The largest absolute Gasteiger partial charge is 0.472 e. The first-order valence-corrected chi connectivity index (χ1v) is 22.2. The van der Waals surface area contributed by atoms with Gasteiger partial charge in [-0.1, -0.05) is 148 Å². The summed E-state index contributed by atoms with van der Waals surface area (Å²) in [6.45, 7) is 2.26. The Kier molecular flexibility index (Phi) is 35.7. The number of aliphatic hydroxyl groups excluding tert-OH is 3. The number of hydrogen-bond acceptors (Lipinski definition) is 10. The fraction of sp³-hybridized carbons (Fsp3) is 0.900. The lowest BCUT2D eigenvalue weighted by Gasteiger charge is -2.20. The Bertz CT molecular complexity index is 901. The number of esters is 2. The van der Waals surface area contributed by atoms with Gasteiger partial charge in [0.25, 0.3) is 0 Å². The number of carbonyl (C=O) groups excluding carboxylic acids is 2. The second-order valence-electron chi connectivity index (χ2n) is 14.2. The van der Waals surface area contributed by atoms with E-state index in [2.05, 4.69) is 30.5 Å². The van der Waals surface area contributed by atoms with E-state index in [1.54, 1.807) is 0 Å². The number of unbranched alkanes of at least 4 members (excludes halogenated alkanes) is 20. The molecule has 0 aliphatic carbocycles. The maximum atomic E-state index is 12.6. The minimum Gasteiger partial charge on any atom is -0.462 e. The molecule has 52 heavy (non-hydrogen) atoms. The molecule has 0 spiro atoms. The molecule has 0 aromatic carbocycles. The van der Waals surface area contributed by atoms with Crippen molar-refractivity contribution in [1.29, 1.82) is 0 Å². The quantitative estimate of drug-likeness (QED) is 0.0204. The predicted molar refractivity (Wildman–Crippen MR) is 207 cm³/mol. The zero-order chi connectivity index (χ0) is 38.5. The standard InChI is InChI=1S/C40H77O11P/c1-3-5-7-9-11-12-13-14-15-16-17-22-26-30-39(44)48-34-38(35-50-52(46,47)49-33-37(43)32-41)51-40(45)31-27-23-19-18-21-25-29-36(42)28-24-20-10-8-6-4-2/h20,24,36-38,41-43H,3-19,21-23,25-35H2,1-2H3,(H,46,47)/b24-20+. The van der Waals surface area contributed by atoms with Crippen LogP contribution in [0.2, 0.25) is 0 Å². The molecular weight excluding hydrogens is 687 g/mol. The third-order valence-electron chi connectivity index (χ3n) is 8.99. The first-order valence-electron chi connectivity index (χ1n) is 20.7. The van der Waals surface area contributed by atoms with Crippen molar-refractivity contribution in [3.63, 3.8) is 0 Å². The van der Waals surface area contributed by atoms with Crippen LogP contribution < -0.4 is 0 Å². The molecule has 12 heteroatoms. The van der Waals surface area contributed by atoms with Crippen LogP contribution in [-0.2, 0) is 32.7 Å². The van der Waals surface area contributed by atoms with Crippen molar-refractivity contribution in [2.24, 2.45) is 0 Å². The van der Waals surface area contributed by atoms with E-state index in [1.165, 1.54) is 77.0 Å². The molecule has 308 valence electrons. The topological polar surface area (TPSA) is 169 Å². The summed E-state index contributed by atoms with van der Waals surface area (Å²) < 4.78 is 32.6. The number of allylic oxidation sites excluding steroid dienone is 1. The smallest absolute Gasteiger partial charge is 0.462 e. The Morgan fingerprint density at radius 1 is 0.596 bits per heavy atom. The molecule has 0 aliphatic rings. The molecule has 0 saturated carbocycles. The van der Waals surface area contributed by atoms with Gasteiger partial charge in [0.05, 0.1) is 25.9 Å². The second kappa shape index (κ2) is 36.6. The molecule has 0 amide bonds. The van der Waals surface area contributed by atoms with E-state index in [1.807, 2.05) is 0 Å². The minimum absolute atomic E-state index is 0.142. The van der Waals surface area contributed by atoms with Gasteiger partial charge in [-0.25, -0.2) is 4.57 Å². The van der Waals surface area contributed by atoms with Gasteiger partial charge in [-0.3, -0.25) is 18.6 Å². The third kappa shape index (κ3) is 35.7. The minimum atomic E-state index is -4.63. The van der Waals surface area contributed by atoms with Crippen LogP contribution in [0.25, 0.3) is 0 Å². The summed E-state index contributed by atoms with van der Waals surface area (Å²) in [4.78, 5) is 34.9. The highest BCUT2D eigenvalue weighted by molar-refractivity contribution is 7.47. The van der Waals surface area contributed by atoms with Gasteiger partial charge in [-0.05, 0) is 38.5 Å². The van der Waals surface area contributed by atoms with Crippen LogP contribution in [-0.4, -0.2) is 76.9 Å². The van der Waals surface area contributed by atoms with Gasteiger partial charge < -0.3 is 29.7 Å². The Morgan fingerprint density at radius 2 is 1.08 bits per heavy atom.